The van der Waals surface area contributed by atoms with Crippen molar-refractivity contribution in [1.82, 2.24) is 14.7 Å². The summed E-state index contributed by atoms with van der Waals surface area (Å²) in [5.41, 5.74) is 5.84. The molecule has 3 aromatic carbocycles. The Morgan fingerprint density at radius 3 is 2.70 bits per heavy atom. The maximum absolute atomic E-state index is 12.6. The van der Waals surface area contributed by atoms with Crippen LogP contribution < -0.4 is 5.32 Å². The number of halogens is 1. The summed E-state index contributed by atoms with van der Waals surface area (Å²) in [6.45, 7) is 2.47. The molecule has 0 saturated heterocycles. The summed E-state index contributed by atoms with van der Waals surface area (Å²) in [6, 6.07) is 21.6. The molecule has 1 amide bonds. The van der Waals surface area contributed by atoms with Crippen molar-refractivity contribution in [3.8, 4) is 11.3 Å². The highest BCUT2D eigenvalue weighted by Gasteiger charge is 2.13. The molecule has 0 radical (unpaired) electrons. The number of carbonyl (C=O) groups is 1. The van der Waals surface area contributed by atoms with Gasteiger partial charge in [0.2, 0.25) is 0 Å². The normalized spacial score (nSPS) is 11.3. The van der Waals surface area contributed by atoms with Gasteiger partial charge >= 0.3 is 0 Å². The van der Waals surface area contributed by atoms with E-state index in [0.29, 0.717) is 17.1 Å². The van der Waals surface area contributed by atoms with Crippen LogP contribution in [-0.4, -0.2) is 15.3 Å². The molecule has 30 heavy (non-hydrogen) atoms. The molecule has 4 nitrogen and oxygen atoms in total. The number of imidazole rings is 1. The van der Waals surface area contributed by atoms with Crippen molar-refractivity contribution in [3.05, 3.63) is 94.6 Å². The van der Waals surface area contributed by atoms with Crippen LogP contribution in [0.25, 0.3) is 26.4 Å². The summed E-state index contributed by atoms with van der Waals surface area (Å²) < 4.78 is 3.11. The quantitative estimate of drug-likeness (QED) is 0.373. The monoisotopic (exact) mass is 431 g/mol. The summed E-state index contributed by atoms with van der Waals surface area (Å²) in [5, 5.41) is 3.59. The molecule has 0 aliphatic carbocycles. The molecule has 148 valence electrons. The Kier molecular flexibility index (Phi) is 4.77. The van der Waals surface area contributed by atoms with Gasteiger partial charge in [-0.25, -0.2) is 4.98 Å². The van der Waals surface area contributed by atoms with Crippen LogP contribution in [0.15, 0.2) is 72.9 Å². The number of amides is 1. The van der Waals surface area contributed by atoms with E-state index >= 15 is 0 Å². The highest BCUT2D eigenvalue weighted by Crippen LogP contribution is 2.30. The summed E-state index contributed by atoms with van der Waals surface area (Å²) in [6.07, 6.45) is 2.05. The van der Waals surface area contributed by atoms with E-state index in [4.69, 9.17) is 16.6 Å². The predicted octanol–water partition coefficient (Wildman–Crippen LogP) is 6.11. The Morgan fingerprint density at radius 2 is 1.90 bits per heavy atom. The van der Waals surface area contributed by atoms with E-state index < -0.39 is 0 Å². The maximum atomic E-state index is 12.6. The number of nitrogens with one attached hydrogen (secondary N) is 1. The summed E-state index contributed by atoms with van der Waals surface area (Å²) >= 11 is 7.75. The second kappa shape index (κ2) is 7.59. The van der Waals surface area contributed by atoms with Gasteiger partial charge in [-0.15, -0.1) is 0 Å². The Balaban J connectivity index is 1.41. The van der Waals surface area contributed by atoms with Crippen molar-refractivity contribution in [1.29, 1.82) is 0 Å². The average molecular weight is 432 g/mol. The molecule has 0 aliphatic rings. The highest BCUT2D eigenvalue weighted by molar-refractivity contribution is 7.23. The minimum absolute atomic E-state index is 0.122. The zero-order chi connectivity index (χ0) is 20.7. The Morgan fingerprint density at radius 1 is 1.10 bits per heavy atom. The van der Waals surface area contributed by atoms with Crippen molar-refractivity contribution in [2.75, 3.05) is 0 Å². The molecular weight excluding hydrogens is 414 g/mol. The molecule has 0 unspecified atom stereocenters. The van der Waals surface area contributed by atoms with Gasteiger partial charge in [-0.1, -0.05) is 71.0 Å². The Labute approximate surface area is 182 Å². The smallest absolute Gasteiger partial charge is 0.251 e. The maximum Gasteiger partial charge on any atom is 0.251 e. The number of aryl methyl sites for hydroxylation is 1. The fraction of sp³-hybridized carbons (Fsp3) is 0.0833. The zero-order valence-corrected chi connectivity index (χ0v) is 17.8. The van der Waals surface area contributed by atoms with Gasteiger partial charge in [0.25, 0.3) is 5.91 Å². The minimum Gasteiger partial charge on any atom is -0.348 e. The lowest BCUT2D eigenvalue weighted by atomic mass is 10.1. The molecule has 0 fully saturated rings. The number of benzene rings is 3. The third kappa shape index (κ3) is 3.47. The van der Waals surface area contributed by atoms with Crippen LogP contribution in [0.2, 0.25) is 5.02 Å². The van der Waals surface area contributed by atoms with E-state index in [1.165, 1.54) is 5.56 Å². The van der Waals surface area contributed by atoms with Gasteiger partial charge in [-0.3, -0.25) is 9.20 Å². The topological polar surface area (TPSA) is 46.4 Å². The number of nitrogens with zero attached hydrogens (tertiary/aromatic N) is 2. The molecule has 0 aliphatic heterocycles. The van der Waals surface area contributed by atoms with E-state index in [2.05, 4.69) is 47.1 Å². The summed E-state index contributed by atoms with van der Waals surface area (Å²) in [5.74, 6) is -0.122. The first-order chi connectivity index (χ1) is 14.6. The second-order valence-corrected chi connectivity index (χ2v) is 8.62. The van der Waals surface area contributed by atoms with E-state index in [9.17, 15) is 4.79 Å². The molecule has 0 spiro atoms. The van der Waals surface area contributed by atoms with Crippen LogP contribution in [0, 0.1) is 6.92 Å². The van der Waals surface area contributed by atoms with Gasteiger partial charge in [0.05, 0.1) is 15.9 Å². The third-order valence-corrected chi connectivity index (χ3v) is 6.49. The number of carbonyl (C=O) groups excluding carboxylic acids is 1. The van der Waals surface area contributed by atoms with Crippen molar-refractivity contribution in [3.63, 3.8) is 0 Å². The van der Waals surface area contributed by atoms with Crippen LogP contribution in [0.5, 0.6) is 0 Å². The number of hydrogen-bond acceptors (Lipinski definition) is 3. The second-order valence-electron chi connectivity index (χ2n) is 7.20. The first-order valence-corrected chi connectivity index (χ1v) is 10.8. The van der Waals surface area contributed by atoms with Crippen LogP contribution in [0.4, 0.5) is 0 Å². The standard InChI is InChI=1S/C24H18ClN3OS/c1-15-6-8-16(9-7-15)20-14-28-21-11-10-17(12-22(21)30-24(28)27-20)23(29)26-13-18-4-2-3-5-19(18)25/h2-12,14H,13H2,1H3,(H,26,29). The van der Waals surface area contributed by atoms with Crippen molar-refractivity contribution in [2.24, 2.45) is 0 Å². The summed E-state index contributed by atoms with van der Waals surface area (Å²) in [7, 11) is 0. The fourth-order valence-corrected chi connectivity index (χ4v) is 4.67. The van der Waals surface area contributed by atoms with Crippen LogP contribution in [-0.2, 0) is 6.54 Å². The SMILES string of the molecule is Cc1ccc(-c2cn3c(n2)sc2cc(C(=O)NCc4ccccc4Cl)ccc23)cc1. The number of hydrogen-bond donors (Lipinski definition) is 1. The molecular formula is C24H18ClN3OS. The van der Waals surface area contributed by atoms with Gasteiger partial charge in [-0.2, -0.15) is 0 Å². The molecule has 0 saturated carbocycles. The highest BCUT2D eigenvalue weighted by atomic mass is 35.5. The molecule has 0 bridgehead atoms. The summed E-state index contributed by atoms with van der Waals surface area (Å²) in [4.78, 5) is 18.3. The zero-order valence-electron chi connectivity index (χ0n) is 16.2. The average Bonchev–Trinajstić information content (AvgIpc) is 3.31. The van der Waals surface area contributed by atoms with Gasteiger partial charge in [0.15, 0.2) is 4.96 Å². The van der Waals surface area contributed by atoms with Gasteiger partial charge < -0.3 is 5.32 Å². The van der Waals surface area contributed by atoms with Crippen molar-refractivity contribution < 1.29 is 4.79 Å². The molecule has 5 rings (SSSR count). The van der Waals surface area contributed by atoms with Crippen molar-refractivity contribution in [2.45, 2.75) is 13.5 Å². The molecule has 5 aromatic rings. The van der Waals surface area contributed by atoms with E-state index in [1.807, 2.05) is 42.5 Å². The Bertz CT molecular complexity index is 1390. The molecule has 2 aromatic heterocycles. The first kappa shape index (κ1) is 18.9. The van der Waals surface area contributed by atoms with Crippen LogP contribution >= 0.6 is 22.9 Å². The van der Waals surface area contributed by atoms with Crippen LogP contribution in [0.1, 0.15) is 21.5 Å². The largest absolute Gasteiger partial charge is 0.348 e. The number of aromatic nitrogens is 2. The fourth-order valence-electron chi connectivity index (χ4n) is 3.43. The lowest BCUT2D eigenvalue weighted by molar-refractivity contribution is 0.0951. The lowest BCUT2D eigenvalue weighted by Crippen LogP contribution is -2.22. The molecule has 6 heteroatoms. The third-order valence-electron chi connectivity index (χ3n) is 5.10. The number of rotatable bonds is 4. The first-order valence-electron chi connectivity index (χ1n) is 9.59. The van der Waals surface area contributed by atoms with Crippen molar-refractivity contribution >= 4 is 44.0 Å². The number of thiazole rings is 1. The van der Waals surface area contributed by atoms with E-state index in [-0.39, 0.29) is 5.91 Å². The number of fused-ring (bicyclic) bond motifs is 3. The van der Waals surface area contributed by atoms with Crippen LogP contribution in [0.3, 0.4) is 0 Å². The minimum atomic E-state index is -0.122. The van der Waals surface area contributed by atoms with Gasteiger partial charge in [0.1, 0.15) is 0 Å². The lowest BCUT2D eigenvalue weighted by Gasteiger charge is -2.07. The molecule has 0 atom stereocenters. The predicted molar refractivity (Wildman–Crippen MR) is 123 cm³/mol. The molecule has 1 N–H and O–H groups in total. The van der Waals surface area contributed by atoms with Gasteiger partial charge in [0, 0.05) is 28.9 Å². The van der Waals surface area contributed by atoms with E-state index in [1.54, 1.807) is 11.3 Å². The van der Waals surface area contributed by atoms with E-state index in [0.717, 1.165) is 32.0 Å². The molecule has 2 heterocycles. The van der Waals surface area contributed by atoms with Gasteiger partial charge in [-0.05, 0) is 36.8 Å². The Hall–Kier alpha value is -3.15.